The molecular formula is C23H29N5O5. The number of aryl methyl sites for hydroxylation is 1. The van der Waals surface area contributed by atoms with Crippen LogP contribution in [-0.4, -0.2) is 72.3 Å². The summed E-state index contributed by atoms with van der Waals surface area (Å²) >= 11 is 0. The van der Waals surface area contributed by atoms with E-state index < -0.39 is 0 Å². The smallest absolute Gasteiger partial charge is 0.317 e. The molecule has 176 valence electrons. The van der Waals surface area contributed by atoms with E-state index in [1.165, 1.54) is 9.91 Å². The highest BCUT2D eigenvalue weighted by molar-refractivity contribution is 6.02. The van der Waals surface area contributed by atoms with Crippen LogP contribution in [0.3, 0.4) is 0 Å². The first-order valence-corrected chi connectivity index (χ1v) is 10.9. The molecule has 0 aliphatic carbocycles. The van der Waals surface area contributed by atoms with Gasteiger partial charge in [0.2, 0.25) is 6.79 Å². The molecule has 0 radical (unpaired) electrons. The molecule has 2 aliphatic heterocycles. The van der Waals surface area contributed by atoms with Crippen LogP contribution in [-0.2, 0) is 16.6 Å². The van der Waals surface area contributed by atoms with Crippen LogP contribution in [0.1, 0.15) is 30.6 Å². The van der Waals surface area contributed by atoms with Crippen molar-refractivity contribution in [3.63, 3.8) is 0 Å². The topological polar surface area (TPSA) is 97.6 Å². The fourth-order valence-corrected chi connectivity index (χ4v) is 3.99. The quantitative estimate of drug-likeness (QED) is 0.658. The van der Waals surface area contributed by atoms with Crippen LogP contribution in [0.5, 0.6) is 11.5 Å². The van der Waals surface area contributed by atoms with Gasteiger partial charge in [-0.2, -0.15) is 5.10 Å². The van der Waals surface area contributed by atoms with Gasteiger partial charge in [0.1, 0.15) is 6.54 Å². The number of aromatic nitrogens is 1. The minimum Gasteiger partial charge on any atom is -0.454 e. The summed E-state index contributed by atoms with van der Waals surface area (Å²) in [6.07, 6.45) is 2.49. The zero-order valence-corrected chi connectivity index (χ0v) is 19.1. The van der Waals surface area contributed by atoms with Crippen LogP contribution >= 0.6 is 0 Å². The Morgan fingerprint density at radius 2 is 2.09 bits per heavy atom. The van der Waals surface area contributed by atoms with Crippen molar-refractivity contribution >= 4 is 17.6 Å². The highest BCUT2D eigenvalue weighted by atomic mass is 16.7. The Morgan fingerprint density at radius 1 is 1.27 bits per heavy atom. The largest absolute Gasteiger partial charge is 0.454 e. The Hall–Kier alpha value is -3.53. The predicted molar refractivity (Wildman–Crippen MR) is 121 cm³/mol. The molecule has 0 bridgehead atoms. The predicted octanol–water partition coefficient (Wildman–Crippen LogP) is 2.11. The fourth-order valence-electron chi connectivity index (χ4n) is 3.99. The van der Waals surface area contributed by atoms with E-state index in [1.807, 2.05) is 55.1 Å². The maximum absolute atomic E-state index is 13.4. The molecule has 1 unspecified atom stereocenters. The molecular weight excluding hydrogens is 426 g/mol. The average molecular weight is 456 g/mol. The molecule has 3 heterocycles. The number of nitrogens with one attached hydrogen (secondary N) is 1. The number of carbonyl (C=O) groups is 2. The molecule has 10 heteroatoms. The highest BCUT2D eigenvalue weighted by Crippen LogP contribution is 2.39. The number of hydrogen-bond donors (Lipinski definition) is 1. The Bertz CT molecular complexity index is 1050. The van der Waals surface area contributed by atoms with Gasteiger partial charge in [0, 0.05) is 39.9 Å². The molecule has 2 aliphatic rings. The fraction of sp³-hybridized carbons (Fsp3) is 0.435. The standard InChI is InChI=1S/C23H29N5O5/c1-4-24-23(30)27(10-11-31-3)14-22(29)28-19(13-17(25-28)18-6-5-9-26(18)2)16-7-8-20-21(12-16)33-15-32-20/h5-9,12,19H,4,10-11,13-15H2,1-3H3,(H,24,30). The summed E-state index contributed by atoms with van der Waals surface area (Å²) in [7, 11) is 3.50. The van der Waals surface area contributed by atoms with E-state index in [2.05, 4.69) is 5.32 Å². The number of amides is 3. The van der Waals surface area contributed by atoms with Crippen molar-refractivity contribution in [3.05, 3.63) is 47.8 Å². The lowest BCUT2D eigenvalue weighted by molar-refractivity contribution is -0.133. The Morgan fingerprint density at radius 3 is 2.82 bits per heavy atom. The van der Waals surface area contributed by atoms with Crippen molar-refractivity contribution < 1.29 is 23.8 Å². The van der Waals surface area contributed by atoms with Gasteiger partial charge >= 0.3 is 6.03 Å². The molecule has 1 atom stereocenters. The van der Waals surface area contributed by atoms with Gasteiger partial charge in [-0.1, -0.05) is 6.07 Å². The van der Waals surface area contributed by atoms with E-state index in [4.69, 9.17) is 19.3 Å². The van der Waals surface area contributed by atoms with E-state index in [1.54, 1.807) is 7.11 Å². The second-order valence-corrected chi connectivity index (χ2v) is 7.87. The molecule has 0 spiro atoms. The average Bonchev–Trinajstić information content (AvgIpc) is 3.54. The lowest BCUT2D eigenvalue weighted by Gasteiger charge is -2.27. The third kappa shape index (κ3) is 4.80. The van der Waals surface area contributed by atoms with Crippen LogP contribution in [0.25, 0.3) is 0 Å². The summed E-state index contributed by atoms with van der Waals surface area (Å²) in [6.45, 7) is 2.99. The van der Waals surface area contributed by atoms with Crippen LogP contribution < -0.4 is 14.8 Å². The molecule has 0 saturated carbocycles. The molecule has 0 saturated heterocycles. The molecule has 1 aromatic carbocycles. The van der Waals surface area contributed by atoms with Crippen molar-refractivity contribution in [2.45, 2.75) is 19.4 Å². The molecule has 1 N–H and O–H groups in total. The summed E-state index contributed by atoms with van der Waals surface area (Å²) < 4.78 is 18.1. The molecule has 33 heavy (non-hydrogen) atoms. The number of methoxy groups -OCH3 is 1. The van der Waals surface area contributed by atoms with Gasteiger partial charge in [-0.25, -0.2) is 9.80 Å². The second kappa shape index (κ2) is 9.95. The number of carbonyl (C=O) groups excluding carboxylic acids is 2. The molecule has 1 aromatic heterocycles. The monoisotopic (exact) mass is 455 g/mol. The number of fused-ring (bicyclic) bond motifs is 1. The van der Waals surface area contributed by atoms with E-state index >= 15 is 0 Å². The molecule has 10 nitrogen and oxygen atoms in total. The number of nitrogens with zero attached hydrogens (tertiary/aromatic N) is 4. The number of urea groups is 1. The highest BCUT2D eigenvalue weighted by Gasteiger charge is 2.35. The van der Waals surface area contributed by atoms with Gasteiger partial charge in [-0.05, 0) is 36.8 Å². The normalized spacial score (nSPS) is 16.6. The summed E-state index contributed by atoms with van der Waals surface area (Å²) in [5.74, 6) is 1.06. The number of rotatable bonds is 8. The number of hydrogen-bond acceptors (Lipinski definition) is 6. The van der Waals surface area contributed by atoms with Crippen LogP contribution in [0.2, 0.25) is 0 Å². The zero-order chi connectivity index (χ0) is 23.4. The molecule has 0 fully saturated rings. The first-order chi connectivity index (χ1) is 16.0. The minimum absolute atomic E-state index is 0.111. The molecule has 4 rings (SSSR count). The second-order valence-electron chi connectivity index (χ2n) is 7.87. The SMILES string of the molecule is CCNC(=O)N(CCOC)CC(=O)N1N=C(c2cccn2C)CC1c1ccc2c(c1)OCO2. The third-order valence-corrected chi connectivity index (χ3v) is 5.69. The van der Waals surface area contributed by atoms with Crippen molar-refractivity contribution in [3.8, 4) is 11.5 Å². The van der Waals surface area contributed by atoms with Crippen molar-refractivity contribution in [1.82, 2.24) is 19.8 Å². The molecule has 2 aromatic rings. The van der Waals surface area contributed by atoms with Crippen LogP contribution in [0, 0.1) is 0 Å². The lowest BCUT2D eigenvalue weighted by Crippen LogP contribution is -2.47. The minimum atomic E-state index is -0.324. The lowest BCUT2D eigenvalue weighted by atomic mass is 10.00. The van der Waals surface area contributed by atoms with E-state index in [0.29, 0.717) is 37.6 Å². The van der Waals surface area contributed by atoms with Gasteiger partial charge in [-0.15, -0.1) is 0 Å². The number of benzene rings is 1. The first kappa shape index (κ1) is 22.7. The summed E-state index contributed by atoms with van der Waals surface area (Å²) in [6, 6.07) is 8.95. The summed E-state index contributed by atoms with van der Waals surface area (Å²) in [5, 5.41) is 8.94. The first-order valence-electron chi connectivity index (χ1n) is 10.9. The Labute approximate surface area is 192 Å². The third-order valence-electron chi connectivity index (χ3n) is 5.69. The number of ether oxygens (including phenoxy) is 3. The summed E-state index contributed by atoms with van der Waals surface area (Å²) in [5.41, 5.74) is 2.64. The maximum Gasteiger partial charge on any atom is 0.317 e. The van der Waals surface area contributed by atoms with E-state index in [0.717, 1.165) is 17.0 Å². The van der Waals surface area contributed by atoms with Crippen LogP contribution in [0.4, 0.5) is 4.79 Å². The van der Waals surface area contributed by atoms with Gasteiger partial charge in [0.05, 0.1) is 24.1 Å². The van der Waals surface area contributed by atoms with Gasteiger partial charge in [0.15, 0.2) is 11.5 Å². The van der Waals surface area contributed by atoms with Crippen LogP contribution in [0.15, 0.2) is 41.6 Å². The molecule has 3 amide bonds. The Kier molecular flexibility index (Phi) is 6.83. The van der Waals surface area contributed by atoms with Gasteiger partial charge < -0.3 is 29.0 Å². The van der Waals surface area contributed by atoms with Crippen molar-refractivity contribution in [2.75, 3.05) is 40.1 Å². The summed E-state index contributed by atoms with van der Waals surface area (Å²) in [4.78, 5) is 27.4. The Balaban J connectivity index is 1.61. The van der Waals surface area contributed by atoms with Gasteiger partial charge in [-0.3, -0.25) is 4.79 Å². The number of hydrazone groups is 1. The zero-order valence-electron chi connectivity index (χ0n) is 19.1. The van der Waals surface area contributed by atoms with E-state index in [-0.39, 0.29) is 31.3 Å². The van der Waals surface area contributed by atoms with Crippen molar-refractivity contribution in [2.24, 2.45) is 12.1 Å². The van der Waals surface area contributed by atoms with E-state index in [9.17, 15) is 9.59 Å². The maximum atomic E-state index is 13.4. The van der Waals surface area contributed by atoms with Gasteiger partial charge in [0.25, 0.3) is 5.91 Å². The van der Waals surface area contributed by atoms with Crippen molar-refractivity contribution in [1.29, 1.82) is 0 Å².